The smallest absolute Gasteiger partial charge is 0.201 e. The van der Waals surface area contributed by atoms with Crippen molar-refractivity contribution in [3.63, 3.8) is 0 Å². The Morgan fingerprint density at radius 3 is 2.64 bits per heavy atom. The molecule has 0 radical (unpaired) electrons. The van der Waals surface area contributed by atoms with Crippen LogP contribution in [0.4, 0.5) is 5.95 Å². The van der Waals surface area contributed by atoms with Gasteiger partial charge in [-0.25, -0.2) is 4.98 Å². The molecule has 1 saturated carbocycles. The van der Waals surface area contributed by atoms with Gasteiger partial charge in [0.2, 0.25) is 5.95 Å². The van der Waals surface area contributed by atoms with E-state index in [-0.39, 0.29) is 0 Å². The average Bonchev–Trinajstić information content (AvgIpc) is 3.26. The number of nitrogens with zero attached hydrogens (tertiary/aromatic N) is 2. The van der Waals surface area contributed by atoms with Crippen molar-refractivity contribution >= 4 is 28.3 Å². The van der Waals surface area contributed by atoms with Gasteiger partial charge in [-0.1, -0.05) is 5.16 Å². The standard InChI is InChI=1S/C21H26N6O/c1-10(22)18(11(2)23)16-7-15(19-12(3)27-28-13(19)4)8-17-20(16)26-21(25-17)24-9-14-5-6-14/h7-8,14,22H,5-6,9,23H2,1-4H3,(H2,24,25,26). The summed E-state index contributed by atoms with van der Waals surface area (Å²) in [5.41, 5.74) is 13.2. The molecule has 5 N–H and O–H groups in total. The molecule has 0 aliphatic heterocycles. The molecule has 1 aliphatic carbocycles. The molecule has 0 bridgehead atoms. The van der Waals surface area contributed by atoms with E-state index in [0.717, 1.165) is 57.6 Å². The van der Waals surface area contributed by atoms with Crippen LogP contribution in [0, 0.1) is 25.2 Å². The Morgan fingerprint density at radius 2 is 2.07 bits per heavy atom. The molecule has 0 amide bonds. The van der Waals surface area contributed by atoms with Crippen LogP contribution < -0.4 is 11.1 Å². The Labute approximate surface area is 163 Å². The van der Waals surface area contributed by atoms with E-state index in [2.05, 4.69) is 21.5 Å². The zero-order valence-corrected chi connectivity index (χ0v) is 16.7. The summed E-state index contributed by atoms with van der Waals surface area (Å²) in [4.78, 5) is 8.16. The van der Waals surface area contributed by atoms with Crippen LogP contribution >= 0.6 is 0 Å². The van der Waals surface area contributed by atoms with E-state index in [9.17, 15) is 0 Å². The number of nitrogens with one attached hydrogen (secondary N) is 3. The molecule has 2 heterocycles. The molecule has 1 aliphatic rings. The summed E-state index contributed by atoms with van der Waals surface area (Å²) < 4.78 is 5.37. The zero-order chi connectivity index (χ0) is 20.0. The SMILES string of the molecule is CC(=N)C(=C(C)N)c1cc(-c2c(C)noc2C)cc2[nH]c(NCC3CC3)nc12. The van der Waals surface area contributed by atoms with Gasteiger partial charge in [0.15, 0.2) is 0 Å². The molecule has 4 rings (SSSR count). The molecule has 1 fully saturated rings. The second-order valence-corrected chi connectivity index (χ2v) is 7.71. The summed E-state index contributed by atoms with van der Waals surface area (Å²) in [5.74, 6) is 2.25. The highest BCUT2D eigenvalue weighted by Crippen LogP contribution is 2.35. The fourth-order valence-corrected chi connectivity index (χ4v) is 3.70. The molecule has 2 aromatic heterocycles. The Kier molecular flexibility index (Phi) is 4.45. The maximum Gasteiger partial charge on any atom is 0.201 e. The fraction of sp³-hybridized carbons (Fsp3) is 0.381. The molecule has 0 atom stereocenters. The molecule has 7 heteroatoms. The van der Waals surface area contributed by atoms with Gasteiger partial charge in [-0.3, -0.25) is 0 Å². The molecule has 28 heavy (non-hydrogen) atoms. The third-order valence-corrected chi connectivity index (χ3v) is 5.20. The number of allylic oxidation sites excluding steroid dienone is 2. The van der Waals surface area contributed by atoms with Gasteiger partial charge in [0.25, 0.3) is 0 Å². The minimum atomic E-state index is 0.410. The van der Waals surface area contributed by atoms with Gasteiger partial charge in [-0.2, -0.15) is 0 Å². The van der Waals surface area contributed by atoms with Gasteiger partial charge in [0, 0.05) is 34.7 Å². The van der Waals surface area contributed by atoms with Crippen LogP contribution in [0.2, 0.25) is 0 Å². The third kappa shape index (κ3) is 3.28. The quantitative estimate of drug-likeness (QED) is 0.475. The predicted octanol–water partition coefficient (Wildman–Crippen LogP) is 4.39. The van der Waals surface area contributed by atoms with Crippen LogP contribution in [-0.4, -0.2) is 27.4 Å². The molecular weight excluding hydrogens is 352 g/mol. The van der Waals surface area contributed by atoms with Crippen LogP contribution in [-0.2, 0) is 0 Å². The molecule has 7 nitrogen and oxygen atoms in total. The number of rotatable bonds is 6. The Balaban J connectivity index is 1.92. The van der Waals surface area contributed by atoms with Crippen LogP contribution in [0.15, 0.2) is 22.4 Å². The molecule has 0 spiro atoms. The number of anilines is 1. The van der Waals surface area contributed by atoms with Crippen molar-refractivity contribution in [1.29, 1.82) is 5.41 Å². The van der Waals surface area contributed by atoms with E-state index in [1.807, 2.05) is 26.8 Å². The summed E-state index contributed by atoms with van der Waals surface area (Å²) in [6.07, 6.45) is 2.56. The van der Waals surface area contributed by atoms with E-state index in [0.29, 0.717) is 17.0 Å². The van der Waals surface area contributed by atoms with Crippen LogP contribution in [0.1, 0.15) is 43.7 Å². The molecular formula is C21H26N6O. The fourth-order valence-electron chi connectivity index (χ4n) is 3.70. The second kappa shape index (κ2) is 6.82. The summed E-state index contributed by atoms with van der Waals surface area (Å²) in [6.45, 7) is 8.33. The van der Waals surface area contributed by atoms with E-state index in [1.165, 1.54) is 12.8 Å². The lowest BCUT2D eigenvalue weighted by molar-refractivity contribution is 0.393. The maximum absolute atomic E-state index is 8.25. The normalized spacial score (nSPS) is 15.0. The van der Waals surface area contributed by atoms with E-state index in [4.69, 9.17) is 20.7 Å². The van der Waals surface area contributed by atoms with Gasteiger partial charge in [0.1, 0.15) is 5.76 Å². The van der Waals surface area contributed by atoms with Gasteiger partial charge in [-0.05, 0) is 64.2 Å². The zero-order valence-electron chi connectivity index (χ0n) is 16.7. The highest BCUT2D eigenvalue weighted by molar-refractivity contribution is 6.24. The number of aromatic amines is 1. The highest BCUT2D eigenvalue weighted by atomic mass is 16.5. The van der Waals surface area contributed by atoms with E-state index < -0.39 is 0 Å². The second-order valence-electron chi connectivity index (χ2n) is 7.71. The summed E-state index contributed by atoms with van der Waals surface area (Å²) in [5, 5.41) is 15.7. The maximum atomic E-state index is 8.25. The molecule has 1 aromatic carbocycles. The Morgan fingerprint density at radius 1 is 1.32 bits per heavy atom. The van der Waals surface area contributed by atoms with Gasteiger partial charge >= 0.3 is 0 Å². The lowest BCUT2D eigenvalue weighted by Crippen LogP contribution is -2.06. The number of hydrogen-bond donors (Lipinski definition) is 4. The number of fused-ring (bicyclic) bond motifs is 1. The molecule has 146 valence electrons. The number of aryl methyl sites for hydroxylation is 2. The third-order valence-electron chi connectivity index (χ3n) is 5.20. The van der Waals surface area contributed by atoms with Crippen molar-refractivity contribution in [3.8, 4) is 11.1 Å². The highest BCUT2D eigenvalue weighted by Gasteiger charge is 2.22. The summed E-state index contributed by atoms with van der Waals surface area (Å²) >= 11 is 0. The first kappa shape index (κ1) is 18.3. The van der Waals surface area contributed by atoms with Crippen molar-refractivity contribution in [3.05, 3.63) is 34.8 Å². The number of aromatic nitrogens is 3. The number of imidazole rings is 1. The molecule has 0 saturated heterocycles. The van der Waals surface area contributed by atoms with Crippen molar-refractivity contribution < 1.29 is 4.52 Å². The van der Waals surface area contributed by atoms with Gasteiger partial charge in [0.05, 0.1) is 16.7 Å². The van der Waals surface area contributed by atoms with Crippen LogP contribution in [0.25, 0.3) is 27.7 Å². The monoisotopic (exact) mass is 378 g/mol. The van der Waals surface area contributed by atoms with E-state index >= 15 is 0 Å². The largest absolute Gasteiger partial charge is 0.402 e. The Bertz CT molecular complexity index is 1080. The van der Waals surface area contributed by atoms with Crippen molar-refractivity contribution in [2.75, 3.05) is 11.9 Å². The lowest BCUT2D eigenvalue weighted by atomic mass is 9.94. The summed E-state index contributed by atoms with van der Waals surface area (Å²) in [7, 11) is 0. The van der Waals surface area contributed by atoms with E-state index in [1.54, 1.807) is 6.92 Å². The average molecular weight is 378 g/mol. The number of hydrogen-bond acceptors (Lipinski definition) is 6. The van der Waals surface area contributed by atoms with Gasteiger partial charge in [-0.15, -0.1) is 0 Å². The summed E-state index contributed by atoms with van der Waals surface area (Å²) in [6, 6.07) is 4.09. The predicted molar refractivity (Wildman–Crippen MR) is 112 cm³/mol. The first-order valence-electron chi connectivity index (χ1n) is 9.58. The lowest BCUT2D eigenvalue weighted by Gasteiger charge is -2.12. The minimum Gasteiger partial charge on any atom is -0.402 e. The van der Waals surface area contributed by atoms with Crippen LogP contribution in [0.5, 0.6) is 0 Å². The molecule has 3 aromatic rings. The van der Waals surface area contributed by atoms with Gasteiger partial charge < -0.3 is 26.0 Å². The molecule has 0 unspecified atom stereocenters. The Hall–Kier alpha value is -3.09. The minimum absolute atomic E-state index is 0.410. The number of H-pyrrole nitrogens is 1. The number of nitrogens with two attached hydrogens (primary N) is 1. The number of benzene rings is 1. The van der Waals surface area contributed by atoms with Crippen molar-refractivity contribution in [1.82, 2.24) is 15.1 Å². The van der Waals surface area contributed by atoms with Crippen molar-refractivity contribution in [2.24, 2.45) is 11.7 Å². The van der Waals surface area contributed by atoms with Crippen molar-refractivity contribution in [2.45, 2.75) is 40.5 Å². The first-order valence-corrected chi connectivity index (χ1v) is 9.58. The first-order chi connectivity index (χ1) is 13.3. The van der Waals surface area contributed by atoms with Crippen LogP contribution in [0.3, 0.4) is 0 Å². The topological polar surface area (TPSA) is 117 Å².